The first-order valence-corrected chi connectivity index (χ1v) is 8.45. The highest BCUT2D eigenvalue weighted by atomic mass is 16.5. The van der Waals surface area contributed by atoms with E-state index in [4.69, 9.17) is 18.9 Å². The molecule has 1 N–H and O–H groups in total. The first-order valence-electron chi connectivity index (χ1n) is 8.45. The molecule has 148 valence electrons. The third-order valence-electron chi connectivity index (χ3n) is 3.64. The molecule has 0 spiro atoms. The Hall–Kier alpha value is -3.55. The molecule has 0 aliphatic rings. The Bertz CT molecular complexity index is 863. The van der Waals surface area contributed by atoms with Crippen LogP contribution in [0.25, 0.3) is 0 Å². The molecule has 0 saturated carbocycles. The number of carbonyl (C=O) groups excluding carboxylic acids is 3. The van der Waals surface area contributed by atoms with E-state index >= 15 is 0 Å². The van der Waals surface area contributed by atoms with Gasteiger partial charge in [0.2, 0.25) is 0 Å². The van der Waals surface area contributed by atoms with Crippen LogP contribution in [0, 0.1) is 0 Å². The minimum Gasteiger partial charge on any atom is -0.496 e. The van der Waals surface area contributed by atoms with Crippen LogP contribution in [0.3, 0.4) is 0 Å². The number of methoxy groups -OCH3 is 2. The lowest BCUT2D eigenvalue weighted by molar-refractivity contribution is -0.123. The van der Waals surface area contributed by atoms with Gasteiger partial charge in [-0.25, -0.2) is 4.79 Å². The molecule has 0 heterocycles. The Morgan fingerprint density at radius 1 is 0.929 bits per heavy atom. The van der Waals surface area contributed by atoms with Crippen LogP contribution < -0.4 is 19.5 Å². The van der Waals surface area contributed by atoms with E-state index in [0.29, 0.717) is 23.9 Å². The van der Waals surface area contributed by atoms with Gasteiger partial charge in [0.25, 0.3) is 11.8 Å². The van der Waals surface area contributed by atoms with Crippen LogP contribution in [-0.4, -0.2) is 45.2 Å². The lowest BCUT2D eigenvalue weighted by atomic mass is 10.2. The molecule has 8 nitrogen and oxygen atoms in total. The number of benzene rings is 2. The average Bonchev–Trinajstić information content (AvgIpc) is 2.72. The van der Waals surface area contributed by atoms with Crippen molar-refractivity contribution in [2.24, 2.45) is 0 Å². The average molecular weight is 387 g/mol. The number of ether oxygens (including phenoxy) is 4. The second kappa shape index (κ2) is 9.96. The van der Waals surface area contributed by atoms with Crippen molar-refractivity contribution in [1.29, 1.82) is 0 Å². The molecule has 2 aromatic rings. The molecule has 0 aliphatic carbocycles. The van der Waals surface area contributed by atoms with Crippen LogP contribution in [0.4, 0.5) is 0 Å². The molecule has 8 heteroatoms. The van der Waals surface area contributed by atoms with Gasteiger partial charge in [-0.05, 0) is 37.3 Å². The molecule has 2 aromatic carbocycles. The van der Waals surface area contributed by atoms with Crippen molar-refractivity contribution >= 4 is 17.8 Å². The summed E-state index contributed by atoms with van der Waals surface area (Å²) in [7, 11) is 2.87. The number of imide groups is 1. The maximum absolute atomic E-state index is 12.1. The number of carbonyl (C=O) groups is 3. The third-order valence-corrected chi connectivity index (χ3v) is 3.64. The van der Waals surface area contributed by atoms with Crippen LogP contribution in [0.1, 0.15) is 27.6 Å². The van der Waals surface area contributed by atoms with E-state index in [1.807, 2.05) is 6.92 Å². The van der Waals surface area contributed by atoms with Gasteiger partial charge in [0.05, 0.1) is 32.0 Å². The van der Waals surface area contributed by atoms with Crippen molar-refractivity contribution in [2.75, 3.05) is 27.4 Å². The van der Waals surface area contributed by atoms with E-state index in [1.54, 1.807) is 24.3 Å². The summed E-state index contributed by atoms with van der Waals surface area (Å²) in [5.74, 6) is -0.968. The molecule has 0 atom stereocenters. The molecule has 0 aromatic heterocycles. The standard InChI is InChI=1S/C20H21NO7/c1-4-27-16-10-9-13(11-17(16)26-3)20(24)28-12-18(22)21-19(23)14-7-5-6-8-15(14)25-2/h5-11H,4,12H2,1-3H3,(H,21,22,23). The summed E-state index contributed by atoms with van der Waals surface area (Å²) in [5.41, 5.74) is 0.380. The predicted octanol–water partition coefficient (Wildman–Crippen LogP) is 2.22. The third kappa shape index (κ3) is 5.23. The Morgan fingerprint density at radius 2 is 1.64 bits per heavy atom. The van der Waals surface area contributed by atoms with Crippen molar-refractivity contribution in [2.45, 2.75) is 6.92 Å². The highest BCUT2D eigenvalue weighted by molar-refractivity contribution is 6.07. The number of esters is 1. The van der Waals surface area contributed by atoms with E-state index in [2.05, 4.69) is 5.32 Å². The van der Waals surface area contributed by atoms with Crippen molar-refractivity contribution in [3.8, 4) is 17.2 Å². The molecule has 0 saturated heterocycles. The molecule has 0 fully saturated rings. The summed E-state index contributed by atoms with van der Waals surface area (Å²) in [6.45, 7) is 1.66. The summed E-state index contributed by atoms with van der Waals surface area (Å²) in [5, 5.41) is 2.15. The normalized spacial score (nSPS) is 9.96. The summed E-state index contributed by atoms with van der Waals surface area (Å²) >= 11 is 0. The molecule has 2 amide bonds. The maximum Gasteiger partial charge on any atom is 0.338 e. The van der Waals surface area contributed by atoms with Crippen molar-refractivity contribution in [3.05, 3.63) is 53.6 Å². The zero-order chi connectivity index (χ0) is 20.5. The summed E-state index contributed by atoms with van der Waals surface area (Å²) in [6.07, 6.45) is 0. The lowest BCUT2D eigenvalue weighted by Crippen LogP contribution is -2.34. The van der Waals surface area contributed by atoms with Crippen molar-refractivity contribution in [3.63, 3.8) is 0 Å². The van der Waals surface area contributed by atoms with Crippen molar-refractivity contribution < 1.29 is 33.3 Å². The Labute approximate surface area is 162 Å². The van der Waals surface area contributed by atoms with Gasteiger partial charge in [-0.3, -0.25) is 14.9 Å². The molecule has 28 heavy (non-hydrogen) atoms. The zero-order valence-electron chi connectivity index (χ0n) is 15.8. The van der Waals surface area contributed by atoms with Gasteiger partial charge in [-0.2, -0.15) is 0 Å². The number of hydrogen-bond donors (Lipinski definition) is 1. The van der Waals surface area contributed by atoms with Gasteiger partial charge in [-0.15, -0.1) is 0 Å². The number of rotatable bonds is 8. The second-order valence-corrected chi connectivity index (χ2v) is 5.45. The first-order chi connectivity index (χ1) is 13.5. The Balaban J connectivity index is 1.95. The topological polar surface area (TPSA) is 100 Å². The van der Waals surface area contributed by atoms with E-state index in [-0.39, 0.29) is 11.1 Å². The fourth-order valence-electron chi connectivity index (χ4n) is 2.35. The molecule has 0 unspecified atom stereocenters. The van der Waals surface area contributed by atoms with E-state index in [9.17, 15) is 14.4 Å². The van der Waals surface area contributed by atoms with Crippen LogP contribution >= 0.6 is 0 Å². The van der Waals surface area contributed by atoms with Crippen LogP contribution in [0.5, 0.6) is 17.2 Å². The summed E-state index contributed by atoms with van der Waals surface area (Å²) < 4.78 is 20.6. The highest BCUT2D eigenvalue weighted by Crippen LogP contribution is 2.28. The quantitative estimate of drug-likeness (QED) is 0.693. The second-order valence-electron chi connectivity index (χ2n) is 5.45. The van der Waals surface area contributed by atoms with Gasteiger partial charge in [-0.1, -0.05) is 12.1 Å². The predicted molar refractivity (Wildman–Crippen MR) is 99.9 cm³/mol. The molecule has 0 radical (unpaired) electrons. The van der Waals surface area contributed by atoms with E-state index in [0.717, 1.165) is 0 Å². The zero-order valence-corrected chi connectivity index (χ0v) is 15.8. The molecule has 2 rings (SSSR count). The first kappa shape index (κ1) is 20.8. The highest BCUT2D eigenvalue weighted by Gasteiger charge is 2.17. The summed E-state index contributed by atoms with van der Waals surface area (Å²) in [6, 6.07) is 11.0. The number of amides is 2. The fourth-order valence-corrected chi connectivity index (χ4v) is 2.35. The SMILES string of the molecule is CCOc1ccc(C(=O)OCC(=O)NC(=O)c2ccccc2OC)cc1OC. The van der Waals surface area contributed by atoms with Gasteiger partial charge >= 0.3 is 5.97 Å². The van der Waals surface area contributed by atoms with Crippen LogP contribution in [0.15, 0.2) is 42.5 Å². The minimum atomic E-state index is -0.762. The van der Waals surface area contributed by atoms with Crippen LogP contribution in [-0.2, 0) is 9.53 Å². The smallest absolute Gasteiger partial charge is 0.338 e. The monoisotopic (exact) mass is 387 g/mol. The maximum atomic E-state index is 12.1. The van der Waals surface area contributed by atoms with Gasteiger partial charge < -0.3 is 18.9 Å². The van der Waals surface area contributed by atoms with E-state index < -0.39 is 24.4 Å². The minimum absolute atomic E-state index is 0.184. The molecule has 0 aliphatic heterocycles. The largest absolute Gasteiger partial charge is 0.496 e. The van der Waals surface area contributed by atoms with Gasteiger partial charge in [0.15, 0.2) is 18.1 Å². The lowest BCUT2D eigenvalue weighted by Gasteiger charge is -2.11. The van der Waals surface area contributed by atoms with Crippen molar-refractivity contribution in [1.82, 2.24) is 5.32 Å². The molecular formula is C20H21NO7. The number of para-hydroxylation sites is 1. The Kier molecular flexibility index (Phi) is 7.38. The van der Waals surface area contributed by atoms with Crippen LogP contribution in [0.2, 0.25) is 0 Å². The Morgan fingerprint density at radius 3 is 2.32 bits per heavy atom. The fraction of sp³-hybridized carbons (Fsp3) is 0.250. The molecule has 0 bridgehead atoms. The summed E-state index contributed by atoms with van der Waals surface area (Å²) in [4.78, 5) is 36.2. The molecular weight excluding hydrogens is 366 g/mol. The number of nitrogens with one attached hydrogen (secondary N) is 1. The number of hydrogen-bond acceptors (Lipinski definition) is 7. The van der Waals surface area contributed by atoms with Gasteiger partial charge in [0, 0.05) is 0 Å². The van der Waals surface area contributed by atoms with E-state index in [1.165, 1.54) is 32.4 Å². The van der Waals surface area contributed by atoms with Gasteiger partial charge in [0.1, 0.15) is 5.75 Å².